The molecule has 3 unspecified atom stereocenters. The van der Waals surface area contributed by atoms with Crippen LogP contribution in [0.25, 0.3) is 0 Å². The van der Waals surface area contributed by atoms with E-state index < -0.39 is 65.0 Å². The summed E-state index contributed by atoms with van der Waals surface area (Å²) in [5, 5.41) is 4.94. The van der Waals surface area contributed by atoms with E-state index in [4.69, 9.17) is 34.8 Å². The lowest BCUT2D eigenvalue weighted by Gasteiger charge is -2.22. The van der Waals surface area contributed by atoms with Crippen LogP contribution < -0.4 is 10.6 Å². The van der Waals surface area contributed by atoms with E-state index in [-0.39, 0.29) is 73.5 Å². The average molecular weight is 1360 g/mol. The highest BCUT2D eigenvalue weighted by atomic mass is 16.6. The van der Waals surface area contributed by atoms with Crippen LogP contribution in [0.4, 0.5) is 9.59 Å². The minimum Gasteiger partial charge on any atom is -0.465 e. The lowest BCUT2D eigenvalue weighted by atomic mass is 9.86. The molecule has 0 saturated carbocycles. The van der Waals surface area contributed by atoms with Crippen molar-refractivity contribution in [3.8, 4) is 107 Å². The van der Waals surface area contributed by atoms with Gasteiger partial charge in [-0.1, -0.05) is 171 Å². The van der Waals surface area contributed by atoms with Crippen LogP contribution in [-0.4, -0.2) is 114 Å². The molecule has 2 amide bonds. The summed E-state index contributed by atoms with van der Waals surface area (Å²) in [4.78, 5) is 93.0. The largest absolute Gasteiger partial charge is 0.465 e. The number of unbranched alkanes of at least 4 members (excludes halogenated alkanes) is 17. The molecule has 0 aromatic heterocycles. The summed E-state index contributed by atoms with van der Waals surface area (Å²) in [5.41, 5.74) is -1.19. The Morgan fingerprint density at radius 3 is 1.08 bits per heavy atom. The van der Waals surface area contributed by atoms with Crippen molar-refractivity contribution in [3.63, 3.8) is 0 Å². The van der Waals surface area contributed by atoms with Crippen LogP contribution in [-0.2, 0) is 66.7 Å². The van der Waals surface area contributed by atoms with Crippen LogP contribution in [0.5, 0.6) is 0 Å². The van der Waals surface area contributed by atoms with E-state index in [1.54, 1.807) is 48.5 Å². The van der Waals surface area contributed by atoms with Crippen LogP contribution in [0.1, 0.15) is 231 Å². The maximum absolute atomic E-state index is 13.0. The van der Waals surface area contributed by atoms with Crippen LogP contribution >= 0.6 is 0 Å². The first-order chi connectivity index (χ1) is 45.9. The first kappa shape index (κ1) is 99.7. The van der Waals surface area contributed by atoms with Gasteiger partial charge in [0.05, 0.1) is 50.7 Å². The van der Waals surface area contributed by atoms with E-state index in [2.05, 4.69) is 148 Å². The zero-order valence-corrected chi connectivity index (χ0v) is 60.0. The highest BCUT2D eigenvalue weighted by Gasteiger charge is 2.32. The van der Waals surface area contributed by atoms with Crippen molar-refractivity contribution in [2.45, 2.75) is 242 Å². The van der Waals surface area contributed by atoms with Gasteiger partial charge in [0, 0.05) is 74.0 Å². The Balaban J connectivity index is -0.000000352. The Morgan fingerprint density at radius 1 is 0.408 bits per heavy atom. The van der Waals surface area contributed by atoms with E-state index in [9.17, 15) is 38.4 Å². The van der Waals surface area contributed by atoms with E-state index in [0.717, 1.165) is 38.2 Å². The highest BCUT2D eigenvalue weighted by Crippen LogP contribution is 2.26. The van der Waals surface area contributed by atoms with Crippen LogP contribution in [0.3, 0.4) is 0 Å². The zero-order valence-electron chi connectivity index (χ0n) is 60.0. The van der Waals surface area contributed by atoms with Crippen LogP contribution in [0.2, 0.25) is 0 Å². The smallest absolute Gasteiger partial charge is 0.407 e. The van der Waals surface area contributed by atoms with E-state index in [1.165, 1.54) is 108 Å². The Morgan fingerprint density at radius 2 is 0.724 bits per heavy atom. The Hall–Kier alpha value is -9.32. The quantitative estimate of drug-likeness (QED) is 0.0145. The molecule has 0 spiro atoms. The number of hydrogen-bond donors (Lipinski definition) is 2. The van der Waals surface area contributed by atoms with Crippen molar-refractivity contribution < 1.29 is 76.3 Å². The first-order valence-corrected chi connectivity index (χ1v) is 33.2. The molecular weight excluding hydrogens is 1240 g/mol. The molecule has 98 heavy (non-hydrogen) atoms. The Labute approximate surface area is 592 Å². The molecule has 2 N–H and O–H groups in total. The summed E-state index contributed by atoms with van der Waals surface area (Å²) in [7, 11) is 0. The minimum atomic E-state index is -0.872. The molecule has 0 aromatic carbocycles. The minimum absolute atomic E-state index is 0. The third kappa shape index (κ3) is 77.4. The second kappa shape index (κ2) is 72.0. The molecule has 537 valence electrons. The summed E-state index contributed by atoms with van der Waals surface area (Å²) in [6.07, 6.45) is 35.3. The number of terminal acetylenes is 1. The first-order valence-electron chi connectivity index (χ1n) is 33.2. The maximum atomic E-state index is 13.0. The predicted octanol–water partition coefficient (Wildman–Crippen LogP) is 13.6. The fourth-order valence-corrected chi connectivity index (χ4v) is 7.34. The zero-order chi connectivity index (χ0) is 72.8. The van der Waals surface area contributed by atoms with Gasteiger partial charge >= 0.3 is 48.0 Å². The van der Waals surface area contributed by atoms with Gasteiger partial charge in [0.1, 0.15) is 30.5 Å². The lowest BCUT2D eigenvalue weighted by Crippen LogP contribution is -2.35. The normalized spacial score (nSPS) is 10.1. The van der Waals surface area contributed by atoms with Crippen molar-refractivity contribution in [1.82, 2.24) is 10.6 Å². The fourth-order valence-electron chi connectivity index (χ4n) is 7.34. The fraction of sp³-hybridized carbons (Fsp3) is 0.595. The number of alkyl carbamates (subject to hydrolysis) is 2. The molecule has 0 aliphatic rings. The number of nitrogens with one attached hydrogen (secondary N) is 2. The van der Waals surface area contributed by atoms with Crippen LogP contribution in [0.15, 0.2) is 38.0 Å². The summed E-state index contributed by atoms with van der Waals surface area (Å²) < 4.78 is 40.1. The lowest BCUT2D eigenvalue weighted by molar-refractivity contribution is -0.152. The van der Waals surface area contributed by atoms with Crippen molar-refractivity contribution in [2.75, 3.05) is 46.1 Å². The van der Waals surface area contributed by atoms with Gasteiger partial charge in [-0.05, 0) is 127 Å². The molecule has 3 radical (unpaired) electrons. The molecule has 0 aromatic rings. The summed E-state index contributed by atoms with van der Waals surface area (Å²) in [6.45, 7) is 31.7. The third-order valence-electron chi connectivity index (χ3n) is 12.2. The van der Waals surface area contributed by atoms with Gasteiger partial charge in [0.25, 0.3) is 0 Å². The van der Waals surface area contributed by atoms with E-state index >= 15 is 0 Å². The molecule has 18 nitrogen and oxygen atoms in total. The standard InChI is InChI=1S/C40H39NO8.C21H40O2.C10H17NO4.C7H12O2.CH4.B/c1-8-11-13-14-15-16-17-18-19-20-21-22-23-24-25-26-29-47-38(44)35(32-34(10-3)37(43)46-28-12-9-2)31-33(4)36(42)48-30-27-41-39(45)49-40(5,6)7;1-3-5-6-7-8-9-10-11-12-13-14-15-16-17-18-19-20-23-21(22)4-2;1-5-8(12)14-7-6-11-9(13)15-10(2,3)4;1-3-5-6-9-7(8)4-2;;/h1,33-35H,9-10,12,27-28,30-32H2,2-7H3,(H,41,45);4H,2-3,5-20H2,1H3;5H,1,6-7H2,2-4H3,(H,11,13);4H,2-3,5-6H2,1H3;1H4;. The van der Waals surface area contributed by atoms with Gasteiger partial charge < -0.3 is 48.5 Å². The number of esters is 6. The number of rotatable bonds is 40. The topological polar surface area (TPSA) is 234 Å². The summed E-state index contributed by atoms with van der Waals surface area (Å²) >= 11 is 0. The third-order valence-corrected chi connectivity index (χ3v) is 12.2. The summed E-state index contributed by atoms with van der Waals surface area (Å²) in [5.74, 6) is 33.5. The summed E-state index contributed by atoms with van der Waals surface area (Å²) in [6, 6.07) is 0. The van der Waals surface area contributed by atoms with E-state index in [1.807, 2.05) is 20.8 Å². The van der Waals surface area contributed by atoms with Crippen molar-refractivity contribution in [2.24, 2.45) is 17.8 Å². The average Bonchev–Trinajstić information content (AvgIpc) is 0.910. The number of carbonyl (C=O) groups excluding carboxylic acids is 8. The second-order valence-electron chi connectivity index (χ2n) is 23.0. The van der Waals surface area contributed by atoms with Crippen molar-refractivity contribution >= 4 is 56.4 Å². The molecular formula is C79H112BN2O16. The highest BCUT2D eigenvalue weighted by molar-refractivity contribution is 5.82. The molecule has 19 heteroatoms. The molecule has 0 bridgehead atoms. The number of carbonyl (C=O) groups is 8. The van der Waals surface area contributed by atoms with Gasteiger partial charge in [0.15, 0.2) is 0 Å². The SMILES string of the molecule is C.C#CC#CC#CC#CC#CC#CC#CC#CC#COC(=O)C(CC(C)C(=O)OCCNC(=O)OC(C)(C)C)CC(CC)C(=O)OCCCC.C=CC(=O)OCCCC.C=CC(=O)OCCCCCCCCCCCCCCCCCC.C=CC(=O)OCCNC(=O)OC(C)(C)C.[B]. The van der Waals surface area contributed by atoms with Gasteiger partial charge in [-0.25, -0.2) is 24.0 Å². The van der Waals surface area contributed by atoms with Gasteiger partial charge in [-0.3, -0.25) is 14.4 Å². The number of amides is 2. The molecule has 3 atom stereocenters. The van der Waals surface area contributed by atoms with Crippen molar-refractivity contribution in [1.29, 1.82) is 0 Å². The molecule has 0 saturated heterocycles. The molecule has 0 fully saturated rings. The maximum Gasteiger partial charge on any atom is 0.407 e. The molecule has 0 aliphatic carbocycles. The van der Waals surface area contributed by atoms with Gasteiger partial charge in [-0.2, -0.15) is 0 Å². The molecule has 0 rings (SSSR count). The Bertz CT molecular complexity index is 2890. The van der Waals surface area contributed by atoms with Crippen LogP contribution in [0, 0.1) is 125 Å². The van der Waals surface area contributed by atoms with E-state index in [0.29, 0.717) is 19.6 Å². The molecule has 0 aliphatic heterocycles. The molecule has 0 heterocycles. The van der Waals surface area contributed by atoms with Gasteiger partial charge in [-0.15, -0.1) is 6.42 Å². The Kier molecular flexibility index (Phi) is 73.2. The second-order valence-corrected chi connectivity index (χ2v) is 23.0. The number of ether oxygens (including phenoxy) is 8. The number of hydrogen-bond acceptors (Lipinski definition) is 16. The monoisotopic (exact) mass is 1360 g/mol. The van der Waals surface area contributed by atoms with Gasteiger partial charge in [0.2, 0.25) is 0 Å². The predicted molar refractivity (Wildman–Crippen MR) is 389 cm³/mol. The van der Waals surface area contributed by atoms with Crippen molar-refractivity contribution in [3.05, 3.63) is 38.0 Å².